The summed E-state index contributed by atoms with van der Waals surface area (Å²) in [5.74, 6) is 1.41. The quantitative estimate of drug-likeness (QED) is 0.322. The van der Waals surface area contributed by atoms with E-state index in [0.29, 0.717) is 11.9 Å². The number of guanidine groups is 1. The molecule has 0 atom stereocenters. The summed E-state index contributed by atoms with van der Waals surface area (Å²) in [6.07, 6.45) is 7.97. The number of amides is 1. The molecular weight excluding hydrogens is 386 g/mol. The maximum atomic E-state index is 12.6. The summed E-state index contributed by atoms with van der Waals surface area (Å²) in [6.45, 7) is 9.64. The Labute approximate surface area is 186 Å². The van der Waals surface area contributed by atoms with Crippen LogP contribution >= 0.6 is 0 Å². The highest BCUT2D eigenvalue weighted by molar-refractivity contribution is 5.83. The Bertz CT molecular complexity index is 846. The van der Waals surface area contributed by atoms with Gasteiger partial charge in [-0.05, 0) is 57.1 Å². The van der Waals surface area contributed by atoms with Crippen LogP contribution in [0.1, 0.15) is 58.4 Å². The van der Waals surface area contributed by atoms with E-state index in [1.807, 2.05) is 0 Å². The minimum atomic E-state index is 0.181. The van der Waals surface area contributed by atoms with Crippen LogP contribution < -0.4 is 10.6 Å². The lowest BCUT2D eigenvalue weighted by Crippen LogP contribution is -2.50. The third-order valence-electron chi connectivity index (χ3n) is 6.38. The Kier molecular flexibility index (Phi) is 8.80. The summed E-state index contributed by atoms with van der Waals surface area (Å²) < 4.78 is 0. The standard InChI is InChI=1S/C25H39N5O/c1-4-19(5-2)24(31)30-16-13-21(14-17-30)29-25(26-6-3)27-15-9-10-20-18-28-23-12-8-7-11-22(20)23/h7-8,11-12,18-19,21,28H,4-6,9-10,13-17H2,1-3H3,(H2,26,27,29). The summed E-state index contributed by atoms with van der Waals surface area (Å²) in [6, 6.07) is 8.82. The van der Waals surface area contributed by atoms with E-state index < -0.39 is 0 Å². The summed E-state index contributed by atoms with van der Waals surface area (Å²) >= 11 is 0. The highest BCUT2D eigenvalue weighted by atomic mass is 16.2. The molecule has 0 spiro atoms. The molecule has 0 saturated carbocycles. The molecule has 3 N–H and O–H groups in total. The fraction of sp³-hybridized carbons (Fsp3) is 0.600. The Balaban J connectivity index is 1.46. The SMILES string of the molecule is CCNC(=NCCCc1c[nH]c2ccccc12)NC1CCN(C(=O)C(CC)CC)CC1. The van der Waals surface area contributed by atoms with Crippen molar-refractivity contribution in [2.24, 2.45) is 10.9 Å². The van der Waals surface area contributed by atoms with Crippen LogP contribution in [0.2, 0.25) is 0 Å². The van der Waals surface area contributed by atoms with Crippen molar-refractivity contribution in [2.45, 2.75) is 65.3 Å². The lowest BCUT2D eigenvalue weighted by molar-refractivity contribution is -0.136. The number of carbonyl (C=O) groups is 1. The van der Waals surface area contributed by atoms with Gasteiger partial charge in [0.25, 0.3) is 0 Å². The minimum Gasteiger partial charge on any atom is -0.361 e. The van der Waals surface area contributed by atoms with Crippen LogP contribution in [0.3, 0.4) is 0 Å². The van der Waals surface area contributed by atoms with E-state index >= 15 is 0 Å². The summed E-state index contributed by atoms with van der Waals surface area (Å²) in [5.41, 5.74) is 2.56. The van der Waals surface area contributed by atoms with Crippen LogP contribution in [0.15, 0.2) is 35.5 Å². The van der Waals surface area contributed by atoms with E-state index in [-0.39, 0.29) is 5.92 Å². The number of carbonyl (C=O) groups excluding carboxylic acids is 1. The first-order valence-electron chi connectivity index (χ1n) is 12.0. The van der Waals surface area contributed by atoms with Crippen LogP contribution in [0.5, 0.6) is 0 Å². The molecule has 3 rings (SSSR count). The van der Waals surface area contributed by atoms with Crippen molar-refractivity contribution >= 4 is 22.8 Å². The van der Waals surface area contributed by atoms with Gasteiger partial charge in [-0.15, -0.1) is 0 Å². The van der Waals surface area contributed by atoms with E-state index in [1.165, 1.54) is 16.5 Å². The monoisotopic (exact) mass is 425 g/mol. The topological polar surface area (TPSA) is 72.5 Å². The first kappa shape index (κ1) is 23.2. The smallest absolute Gasteiger partial charge is 0.225 e. The highest BCUT2D eigenvalue weighted by Gasteiger charge is 2.26. The number of aryl methyl sites for hydroxylation is 1. The Morgan fingerprint density at radius 3 is 2.65 bits per heavy atom. The van der Waals surface area contributed by atoms with Crippen molar-refractivity contribution in [2.75, 3.05) is 26.2 Å². The van der Waals surface area contributed by atoms with Gasteiger partial charge in [-0.2, -0.15) is 0 Å². The zero-order chi connectivity index (χ0) is 22.1. The van der Waals surface area contributed by atoms with Gasteiger partial charge in [0.15, 0.2) is 5.96 Å². The van der Waals surface area contributed by atoms with Crippen molar-refractivity contribution in [1.82, 2.24) is 20.5 Å². The first-order valence-corrected chi connectivity index (χ1v) is 12.0. The Morgan fingerprint density at radius 2 is 1.94 bits per heavy atom. The van der Waals surface area contributed by atoms with Gasteiger partial charge in [-0.3, -0.25) is 9.79 Å². The zero-order valence-electron chi connectivity index (χ0n) is 19.4. The van der Waals surface area contributed by atoms with Crippen LogP contribution in [-0.4, -0.2) is 54.0 Å². The van der Waals surface area contributed by atoms with Crippen molar-refractivity contribution in [3.05, 3.63) is 36.0 Å². The maximum absolute atomic E-state index is 12.6. The normalized spacial score (nSPS) is 15.6. The number of nitrogens with zero attached hydrogens (tertiary/aromatic N) is 2. The van der Waals surface area contributed by atoms with Crippen molar-refractivity contribution in [3.63, 3.8) is 0 Å². The zero-order valence-corrected chi connectivity index (χ0v) is 19.4. The number of hydrogen-bond donors (Lipinski definition) is 3. The van der Waals surface area contributed by atoms with Crippen molar-refractivity contribution < 1.29 is 4.79 Å². The number of para-hydroxylation sites is 1. The number of likely N-dealkylation sites (tertiary alicyclic amines) is 1. The fourth-order valence-electron chi connectivity index (χ4n) is 4.45. The van der Waals surface area contributed by atoms with E-state index in [1.54, 1.807) is 0 Å². The molecule has 1 saturated heterocycles. The van der Waals surface area contributed by atoms with Gasteiger partial charge < -0.3 is 20.5 Å². The maximum Gasteiger partial charge on any atom is 0.225 e. The number of aromatic nitrogens is 1. The molecule has 6 heteroatoms. The third kappa shape index (κ3) is 6.25. The molecule has 1 amide bonds. The number of aliphatic imine (C=N–C) groups is 1. The van der Waals surface area contributed by atoms with Crippen LogP contribution in [-0.2, 0) is 11.2 Å². The number of nitrogens with one attached hydrogen (secondary N) is 3. The largest absolute Gasteiger partial charge is 0.361 e. The van der Waals surface area contributed by atoms with Crippen molar-refractivity contribution in [1.29, 1.82) is 0 Å². The number of benzene rings is 1. The van der Waals surface area contributed by atoms with E-state index in [0.717, 1.165) is 70.7 Å². The molecule has 170 valence electrons. The van der Waals surface area contributed by atoms with Crippen LogP contribution in [0.4, 0.5) is 0 Å². The van der Waals surface area contributed by atoms with Crippen LogP contribution in [0, 0.1) is 5.92 Å². The lowest BCUT2D eigenvalue weighted by Gasteiger charge is -2.34. The van der Waals surface area contributed by atoms with Gasteiger partial charge in [0.1, 0.15) is 0 Å². The molecule has 0 aliphatic carbocycles. The predicted octanol–water partition coefficient (Wildman–Crippen LogP) is 4.08. The molecule has 31 heavy (non-hydrogen) atoms. The summed E-state index contributed by atoms with van der Waals surface area (Å²) in [5, 5.41) is 8.28. The second kappa shape index (κ2) is 11.8. The minimum absolute atomic E-state index is 0.181. The number of piperidine rings is 1. The number of aromatic amines is 1. The van der Waals surface area contributed by atoms with Crippen molar-refractivity contribution in [3.8, 4) is 0 Å². The third-order valence-corrected chi connectivity index (χ3v) is 6.38. The highest BCUT2D eigenvalue weighted by Crippen LogP contribution is 2.19. The molecule has 0 unspecified atom stereocenters. The average Bonchev–Trinajstić information content (AvgIpc) is 3.21. The molecule has 0 radical (unpaired) electrons. The van der Waals surface area contributed by atoms with Gasteiger partial charge in [0.05, 0.1) is 0 Å². The second-order valence-electron chi connectivity index (χ2n) is 8.48. The average molecular weight is 426 g/mol. The second-order valence-corrected chi connectivity index (χ2v) is 8.48. The van der Waals surface area contributed by atoms with Gasteiger partial charge >= 0.3 is 0 Å². The molecule has 6 nitrogen and oxygen atoms in total. The van der Waals surface area contributed by atoms with Gasteiger partial charge in [0.2, 0.25) is 5.91 Å². The summed E-state index contributed by atoms with van der Waals surface area (Å²) in [7, 11) is 0. The van der Waals surface area contributed by atoms with Gasteiger partial charge in [-0.25, -0.2) is 0 Å². The number of H-pyrrole nitrogens is 1. The predicted molar refractivity (Wildman–Crippen MR) is 129 cm³/mol. The van der Waals surface area contributed by atoms with E-state index in [9.17, 15) is 4.79 Å². The molecule has 1 fully saturated rings. The molecule has 0 bridgehead atoms. The molecule has 1 aliphatic heterocycles. The molecule has 2 aromatic rings. The van der Waals surface area contributed by atoms with Crippen LogP contribution in [0.25, 0.3) is 10.9 Å². The molecule has 2 heterocycles. The fourth-order valence-corrected chi connectivity index (χ4v) is 4.45. The molecule has 1 aromatic heterocycles. The molecule has 1 aromatic carbocycles. The van der Waals surface area contributed by atoms with Gasteiger partial charge in [-0.1, -0.05) is 32.0 Å². The Hall–Kier alpha value is -2.50. The summed E-state index contributed by atoms with van der Waals surface area (Å²) in [4.78, 5) is 22.8. The molecule has 1 aliphatic rings. The number of rotatable bonds is 9. The first-order chi connectivity index (χ1) is 15.2. The number of fused-ring (bicyclic) bond motifs is 1. The lowest BCUT2D eigenvalue weighted by atomic mass is 9.98. The van der Waals surface area contributed by atoms with Gasteiger partial charge in [0, 0.05) is 55.2 Å². The number of hydrogen-bond acceptors (Lipinski definition) is 2. The molecular formula is C25H39N5O. The Morgan fingerprint density at radius 1 is 1.19 bits per heavy atom. The van der Waals surface area contributed by atoms with E-state index in [2.05, 4.69) is 71.8 Å². The van der Waals surface area contributed by atoms with E-state index in [4.69, 9.17) is 4.99 Å².